The van der Waals surface area contributed by atoms with Crippen molar-refractivity contribution >= 4 is 5.91 Å². The van der Waals surface area contributed by atoms with Gasteiger partial charge >= 0.3 is 6.18 Å². The molecule has 4 nitrogen and oxygen atoms in total. The Hall–Kier alpha value is -2.31. The zero-order valence-electron chi connectivity index (χ0n) is 15.4. The molecule has 1 saturated heterocycles. The van der Waals surface area contributed by atoms with E-state index in [2.05, 4.69) is 5.10 Å². The van der Waals surface area contributed by atoms with Gasteiger partial charge in [0.05, 0.1) is 5.56 Å². The molecule has 146 valence electrons. The highest BCUT2D eigenvalue weighted by atomic mass is 19.4. The summed E-state index contributed by atoms with van der Waals surface area (Å²) in [6.07, 6.45) is 0.109. The smallest absolute Gasteiger partial charge is 0.337 e. The predicted octanol–water partition coefficient (Wildman–Crippen LogP) is 4.41. The predicted molar refractivity (Wildman–Crippen MR) is 96.3 cm³/mol. The monoisotopic (exact) mass is 379 g/mol. The van der Waals surface area contributed by atoms with Gasteiger partial charge in [0, 0.05) is 25.8 Å². The van der Waals surface area contributed by atoms with Crippen molar-refractivity contribution in [3.8, 4) is 0 Å². The average Bonchev–Trinajstić information content (AvgIpc) is 3.14. The number of nitrogens with zero attached hydrogens (tertiary/aromatic N) is 3. The first-order valence-electron chi connectivity index (χ1n) is 9.36. The molecule has 2 heterocycles. The Morgan fingerprint density at radius 3 is 2.78 bits per heavy atom. The number of piperidine rings is 1. The Kier molecular flexibility index (Phi) is 5.87. The normalized spacial score (nSPS) is 17.9. The van der Waals surface area contributed by atoms with Crippen molar-refractivity contribution < 1.29 is 18.0 Å². The third-order valence-electron chi connectivity index (χ3n) is 5.19. The largest absolute Gasteiger partial charge is 0.416 e. The summed E-state index contributed by atoms with van der Waals surface area (Å²) in [6.45, 7) is 3.83. The average molecular weight is 379 g/mol. The standard InChI is InChI=1S/C20H24F3N3O/c1-2-26-18(11-12-24-26)19(27)25-13-5-6-15(14-25)9-10-16-7-3-4-8-17(16)20(21,22)23/h3-4,7-8,11-12,15H,2,5-6,9-10,13-14H2,1H3/t15-/m0/s1. The van der Waals surface area contributed by atoms with Gasteiger partial charge in [-0.2, -0.15) is 18.3 Å². The second-order valence-electron chi connectivity index (χ2n) is 6.99. The van der Waals surface area contributed by atoms with Gasteiger partial charge in [0.1, 0.15) is 5.69 Å². The van der Waals surface area contributed by atoms with Crippen molar-refractivity contribution in [2.45, 2.75) is 45.3 Å². The number of aryl methyl sites for hydroxylation is 2. The van der Waals surface area contributed by atoms with Crippen LogP contribution in [0.4, 0.5) is 13.2 Å². The molecule has 1 aliphatic heterocycles. The molecule has 0 unspecified atom stereocenters. The molecule has 3 rings (SSSR count). The summed E-state index contributed by atoms with van der Waals surface area (Å²) >= 11 is 0. The van der Waals surface area contributed by atoms with E-state index in [9.17, 15) is 18.0 Å². The second-order valence-corrected chi connectivity index (χ2v) is 6.99. The fourth-order valence-corrected chi connectivity index (χ4v) is 3.79. The number of hydrogen-bond acceptors (Lipinski definition) is 2. The summed E-state index contributed by atoms with van der Waals surface area (Å²) in [4.78, 5) is 14.6. The molecule has 0 aliphatic carbocycles. The third-order valence-corrected chi connectivity index (χ3v) is 5.19. The first-order valence-corrected chi connectivity index (χ1v) is 9.36. The van der Waals surface area contributed by atoms with E-state index in [1.165, 1.54) is 6.07 Å². The lowest BCUT2D eigenvalue weighted by molar-refractivity contribution is -0.138. The Morgan fingerprint density at radius 2 is 2.04 bits per heavy atom. The number of aromatic nitrogens is 2. The van der Waals surface area contributed by atoms with E-state index >= 15 is 0 Å². The van der Waals surface area contributed by atoms with Gasteiger partial charge < -0.3 is 4.90 Å². The van der Waals surface area contributed by atoms with Crippen molar-refractivity contribution in [2.24, 2.45) is 5.92 Å². The van der Waals surface area contributed by atoms with Crippen LogP contribution in [0.3, 0.4) is 0 Å². The molecule has 0 radical (unpaired) electrons. The Bertz CT molecular complexity index is 785. The molecule has 0 saturated carbocycles. The molecule has 1 fully saturated rings. The maximum absolute atomic E-state index is 13.1. The minimum Gasteiger partial charge on any atom is -0.337 e. The van der Waals surface area contributed by atoms with Gasteiger partial charge in [0.2, 0.25) is 0 Å². The van der Waals surface area contributed by atoms with Crippen LogP contribution in [-0.4, -0.2) is 33.7 Å². The zero-order chi connectivity index (χ0) is 19.4. The molecule has 0 N–H and O–H groups in total. The maximum Gasteiger partial charge on any atom is 0.416 e. The molecular weight excluding hydrogens is 355 g/mol. The van der Waals surface area contributed by atoms with Crippen molar-refractivity contribution in [2.75, 3.05) is 13.1 Å². The number of likely N-dealkylation sites (tertiary alicyclic amines) is 1. The molecule has 1 atom stereocenters. The number of amides is 1. The molecule has 0 bridgehead atoms. The van der Waals surface area contributed by atoms with Crippen LogP contribution in [-0.2, 0) is 19.1 Å². The lowest BCUT2D eigenvalue weighted by atomic mass is 9.90. The third kappa shape index (κ3) is 4.51. The molecule has 1 amide bonds. The van der Waals surface area contributed by atoms with Crippen molar-refractivity contribution in [3.63, 3.8) is 0 Å². The van der Waals surface area contributed by atoms with E-state index < -0.39 is 11.7 Å². The molecule has 27 heavy (non-hydrogen) atoms. The lowest BCUT2D eigenvalue weighted by Gasteiger charge is -2.33. The Labute approximate surface area is 157 Å². The summed E-state index contributed by atoms with van der Waals surface area (Å²) < 4.78 is 41.1. The maximum atomic E-state index is 13.1. The quantitative estimate of drug-likeness (QED) is 0.772. The van der Waals surface area contributed by atoms with E-state index in [4.69, 9.17) is 0 Å². The molecule has 2 aromatic rings. The van der Waals surface area contributed by atoms with Crippen LogP contribution in [0.25, 0.3) is 0 Å². The first-order chi connectivity index (χ1) is 12.9. The molecule has 1 aromatic carbocycles. The van der Waals surface area contributed by atoms with Crippen LogP contribution in [0.15, 0.2) is 36.5 Å². The zero-order valence-corrected chi connectivity index (χ0v) is 15.4. The number of rotatable bonds is 5. The van der Waals surface area contributed by atoms with Gasteiger partial charge in [-0.15, -0.1) is 0 Å². The fraction of sp³-hybridized carbons (Fsp3) is 0.500. The highest BCUT2D eigenvalue weighted by molar-refractivity contribution is 5.92. The van der Waals surface area contributed by atoms with Crippen LogP contribution in [0.1, 0.15) is 47.8 Å². The van der Waals surface area contributed by atoms with Gasteiger partial charge in [0.15, 0.2) is 0 Å². The number of carbonyl (C=O) groups is 1. The van der Waals surface area contributed by atoms with Crippen molar-refractivity contribution in [1.29, 1.82) is 0 Å². The highest BCUT2D eigenvalue weighted by Crippen LogP contribution is 2.33. The van der Waals surface area contributed by atoms with E-state index in [1.807, 2.05) is 11.8 Å². The van der Waals surface area contributed by atoms with Gasteiger partial charge in [0.25, 0.3) is 5.91 Å². The fourth-order valence-electron chi connectivity index (χ4n) is 3.79. The van der Waals surface area contributed by atoms with Crippen LogP contribution in [0, 0.1) is 5.92 Å². The molecular formula is C20H24F3N3O. The molecule has 1 aromatic heterocycles. The minimum absolute atomic E-state index is 0.0465. The van der Waals surface area contributed by atoms with Crippen LogP contribution in [0.5, 0.6) is 0 Å². The topological polar surface area (TPSA) is 38.1 Å². The number of carbonyl (C=O) groups excluding carboxylic acids is 1. The Morgan fingerprint density at radius 1 is 1.26 bits per heavy atom. The van der Waals surface area contributed by atoms with Crippen LogP contribution in [0.2, 0.25) is 0 Å². The lowest BCUT2D eigenvalue weighted by Crippen LogP contribution is -2.40. The first kappa shape index (κ1) is 19.5. The SMILES string of the molecule is CCn1nccc1C(=O)N1CCC[C@@H](CCc2ccccc2C(F)(F)F)C1. The van der Waals surface area contributed by atoms with Crippen LogP contribution < -0.4 is 0 Å². The van der Waals surface area contributed by atoms with E-state index in [0.29, 0.717) is 43.7 Å². The number of hydrogen-bond donors (Lipinski definition) is 0. The number of alkyl halides is 3. The van der Waals surface area contributed by atoms with Gasteiger partial charge in [-0.05, 0) is 56.2 Å². The summed E-state index contributed by atoms with van der Waals surface area (Å²) in [5.41, 5.74) is 0.346. The molecule has 7 heteroatoms. The molecule has 1 aliphatic rings. The van der Waals surface area contributed by atoms with Gasteiger partial charge in [-0.1, -0.05) is 18.2 Å². The van der Waals surface area contributed by atoms with Crippen molar-refractivity contribution in [1.82, 2.24) is 14.7 Å². The van der Waals surface area contributed by atoms with Gasteiger partial charge in [-0.3, -0.25) is 9.48 Å². The summed E-state index contributed by atoms with van der Waals surface area (Å²) in [5.74, 6) is 0.164. The minimum atomic E-state index is -4.33. The summed E-state index contributed by atoms with van der Waals surface area (Å²) in [5, 5.41) is 4.14. The van der Waals surface area contributed by atoms with Crippen LogP contribution >= 0.6 is 0 Å². The summed E-state index contributed by atoms with van der Waals surface area (Å²) in [6, 6.07) is 7.47. The highest BCUT2D eigenvalue weighted by Gasteiger charge is 2.33. The second kappa shape index (κ2) is 8.15. The van der Waals surface area contributed by atoms with Crippen molar-refractivity contribution in [3.05, 3.63) is 53.3 Å². The van der Waals surface area contributed by atoms with Gasteiger partial charge in [-0.25, -0.2) is 0 Å². The van der Waals surface area contributed by atoms with E-state index in [-0.39, 0.29) is 11.8 Å². The number of halogens is 3. The van der Waals surface area contributed by atoms with E-state index in [1.54, 1.807) is 29.1 Å². The Balaban J connectivity index is 1.64. The number of benzene rings is 1. The van der Waals surface area contributed by atoms with E-state index in [0.717, 1.165) is 18.9 Å². The summed E-state index contributed by atoms with van der Waals surface area (Å²) in [7, 11) is 0. The molecule has 0 spiro atoms.